The lowest BCUT2D eigenvalue weighted by atomic mass is 9.30. The highest BCUT2D eigenvalue weighted by Crippen LogP contribution is 2.44. The normalized spacial score (nSPS) is 17.7. The molecule has 2 nitrogen and oxygen atoms in total. The summed E-state index contributed by atoms with van der Waals surface area (Å²) in [5.74, 6) is 9.29. The molecule has 0 aromatic heterocycles. The molecule has 1 aromatic rings. The van der Waals surface area contributed by atoms with E-state index in [1.165, 1.54) is 0 Å². The maximum atomic E-state index is 12.4. The van der Waals surface area contributed by atoms with E-state index in [9.17, 15) is 17.2 Å². The molecule has 0 aliphatic heterocycles. The predicted octanol–water partition coefficient (Wildman–Crippen LogP) is 11.8. The van der Waals surface area contributed by atoms with Crippen molar-refractivity contribution in [2.24, 2.45) is 58.2 Å². The average Bonchev–Trinajstić information content (AvgIpc) is 3.00. The van der Waals surface area contributed by atoms with Gasteiger partial charge >= 0.3 is 7.54 Å². The molecular formula is C43H87B2F4NOS. The Morgan fingerprint density at radius 1 is 0.577 bits per heavy atom. The molecule has 1 aromatic carbocycles. The van der Waals surface area contributed by atoms with Crippen LogP contribution in [-0.2, 0) is 14.3 Å². The van der Waals surface area contributed by atoms with Crippen LogP contribution in [0.4, 0.5) is 12.9 Å². The van der Waals surface area contributed by atoms with Crippen LogP contribution >= 0.6 is 0 Å². The van der Waals surface area contributed by atoms with Crippen molar-refractivity contribution in [3.8, 4) is 0 Å². The van der Waals surface area contributed by atoms with Crippen LogP contribution in [0.1, 0.15) is 145 Å². The van der Waals surface area contributed by atoms with Gasteiger partial charge in [-0.05, 0) is 77.2 Å². The second-order valence-electron chi connectivity index (χ2n) is 19.1. The largest absolute Gasteiger partial charge is 1.00 e. The van der Waals surface area contributed by atoms with Crippen molar-refractivity contribution >= 4 is 24.4 Å². The van der Waals surface area contributed by atoms with Crippen LogP contribution in [-0.4, -0.2) is 38.4 Å². The Kier molecular flexibility index (Phi) is 29.1. The Hall–Kier alpha value is -0.820. The third-order valence-corrected chi connectivity index (χ3v) is 15.8. The van der Waals surface area contributed by atoms with Crippen molar-refractivity contribution in [1.29, 1.82) is 0 Å². The van der Waals surface area contributed by atoms with Crippen LogP contribution in [0.3, 0.4) is 0 Å². The van der Waals surface area contributed by atoms with Gasteiger partial charge in [0, 0.05) is 14.1 Å². The molecule has 1 rings (SSSR count). The molecule has 0 amide bonds. The zero-order chi connectivity index (χ0) is 41.4. The molecule has 0 aliphatic rings. The van der Waals surface area contributed by atoms with Crippen LogP contribution in [0.2, 0.25) is 17.5 Å². The molecule has 310 valence electrons. The Bertz CT molecular complexity index is 1000. The lowest BCUT2D eigenvalue weighted by molar-refractivity contribution is -0.0000173. The fraction of sp³-hybridized carbons (Fsp3) is 0.860. The van der Waals surface area contributed by atoms with Crippen molar-refractivity contribution in [3.63, 3.8) is 0 Å². The molecule has 0 bridgehead atoms. The van der Waals surface area contributed by atoms with Crippen molar-refractivity contribution in [2.75, 3.05) is 19.8 Å². The summed E-state index contributed by atoms with van der Waals surface area (Å²) in [4.78, 5) is 0.919. The Morgan fingerprint density at radius 2 is 0.827 bits per heavy atom. The Balaban J connectivity index is -0.000000344. The van der Waals surface area contributed by atoms with Crippen molar-refractivity contribution in [2.45, 2.75) is 168 Å². The number of halogens is 4. The first kappa shape index (κ1) is 57.9. The first-order valence-electron chi connectivity index (χ1n) is 20.0. The standard InChI is InChI=1S/C24H50.C10H16NOS.C9H21B.BF3.FH/c1-15(17(3)19(5)21(7)23(9,10)11)16(2)18(4)20(6)22(8)24(12,13)14;1-4-13(12,11(2)3)10-8-6-5-7-9-10;1-7(2)10(8(3)4)9(5)6;2-1(3)4;/h15-22H,1-14H3;5-9H,4H2,1-3H3;7-9H,1-6H3;;1H/q;+1;;;/p-1. The van der Waals surface area contributed by atoms with Gasteiger partial charge in [-0.3, -0.25) is 12.9 Å². The molecule has 0 fully saturated rings. The van der Waals surface area contributed by atoms with E-state index in [1.54, 1.807) is 0 Å². The minimum Gasteiger partial charge on any atom is -1.00 e. The van der Waals surface area contributed by atoms with Gasteiger partial charge in [0.15, 0.2) is 15.0 Å². The second-order valence-corrected chi connectivity index (χ2v) is 22.1. The van der Waals surface area contributed by atoms with Crippen LogP contribution in [0.5, 0.6) is 0 Å². The summed E-state index contributed by atoms with van der Waals surface area (Å²) >= 11 is 0. The molecular weight excluding hydrogens is 676 g/mol. The van der Waals surface area contributed by atoms with Gasteiger partial charge in [0.1, 0.15) is 12.5 Å². The van der Waals surface area contributed by atoms with Crippen molar-refractivity contribution in [1.82, 2.24) is 4.31 Å². The molecule has 0 radical (unpaired) electrons. The molecule has 0 spiro atoms. The summed E-state index contributed by atoms with van der Waals surface area (Å²) < 4.78 is 43.2. The lowest BCUT2D eigenvalue weighted by Gasteiger charge is -2.43. The summed E-state index contributed by atoms with van der Waals surface area (Å²) in [5.41, 5.74) is 0.798. The van der Waals surface area contributed by atoms with E-state index >= 15 is 0 Å². The van der Waals surface area contributed by atoms with Gasteiger partial charge in [-0.2, -0.15) is 0 Å². The molecule has 52 heavy (non-hydrogen) atoms. The van der Waals surface area contributed by atoms with Gasteiger partial charge in [0.05, 0.1) is 0 Å². The first-order chi connectivity index (χ1) is 22.8. The quantitative estimate of drug-likeness (QED) is 0.111. The number of benzene rings is 1. The Morgan fingerprint density at radius 3 is 1.00 bits per heavy atom. The summed E-state index contributed by atoms with van der Waals surface area (Å²) in [5, 5.41) is 0. The van der Waals surface area contributed by atoms with Gasteiger partial charge in [-0.25, -0.2) is 0 Å². The molecule has 0 saturated carbocycles. The van der Waals surface area contributed by atoms with E-state index < -0.39 is 17.7 Å². The monoisotopic (exact) mass is 764 g/mol. The zero-order valence-corrected chi connectivity index (χ0v) is 39.2. The third kappa shape index (κ3) is 20.7. The fourth-order valence-electron chi connectivity index (χ4n) is 7.98. The molecule has 0 heterocycles. The summed E-state index contributed by atoms with van der Waals surface area (Å²) in [7, 11) is -1.94. The fourth-order valence-corrected chi connectivity index (χ4v) is 9.84. The average molecular weight is 764 g/mol. The van der Waals surface area contributed by atoms with E-state index in [0.29, 0.717) is 16.6 Å². The first-order valence-corrected chi connectivity index (χ1v) is 21.7. The highest BCUT2D eigenvalue weighted by Gasteiger charge is 2.37. The highest BCUT2D eigenvalue weighted by molar-refractivity contribution is 8.00. The van der Waals surface area contributed by atoms with E-state index in [4.69, 9.17) is 0 Å². The van der Waals surface area contributed by atoms with Crippen LogP contribution < -0.4 is 4.70 Å². The lowest BCUT2D eigenvalue weighted by Crippen LogP contribution is -3.00. The SMILES string of the molecule is CC(C(C)C(C)C(C)C(C)C(C)(C)C)C(C)C(C)C(C)C(C)(C)C.CC(C)B(C(C)C)C(C)C.CC[S+](=O)(c1ccccc1)N(C)C.FB(F)F.[F-]. The minimum absolute atomic E-state index is 0. The van der Waals surface area contributed by atoms with E-state index in [2.05, 4.69) is 138 Å². The van der Waals surface area contributed by atoms with Crippen molar-refractivity contribution in [3.05, 3.63) is 30.3 Å². The van der Waals surface area contributed by atoms with Crippen molar-refractivity contribution < 1.29 is 21.9 Å². The van der Waals surface area contributed by atoms with Crippen LogP contribution in [0.25, 0.3) is 0 Å². The molecule has 0 aliphatic carbocycles. The second kappa shape index (κ2) is 26.1. The van der Waals surface area contributed by atoms with Gasteiger partial charge in [-0.1, -0.05) is 178 Å². The topological polar surface area (TPSA) is 20.3 Å². The van der Waals surface area contributed by atoms with Gasteiger partial charge in [0.25, 0.3) is 0 Å². The maximum absolute atomic E-state index is 12.4. The molecule has 0 N–H and O–H groups in total. The van der Waals surface area contributed by atoms with Crippen LogP contribution in [0.15, 0.2) is 35.2 Å². The van der Waals surface area contributed by atoms with E-state index in [0.717, 1.165) is 76.4 Å². The van der Waals surface area contributed by atoms with Gasteiger partial charge in [-0.15, -0.1) is 4.31 Å². The van der Waals surface area contributed by atoms with E-state index in [1.807, 2.05) is 55.7 Å². The summed E-state index contributed by atoms with van der Waals surface area (Å²) in [6, 6.07) is 9.63. The summed E-state index contributed by atoms with van der Waals surface area (Å²) in [6.07, 6.45) is 0. The number of hydrogen-bond donors (Lipinski definition) is 0. The highest BCUT2D eigenvalue weighted by atomic mass is 32.3. The van der Waals surface area contributed by atoms with Gasteiger partial charge < -0.3 is 4.70 Å². The third-order valence-electron chi connectivity index (χ3n) is 12.9. The zero-order valence-electron chi connectivity index (χ0n) is 38.4. The summed E-state index contributed by atoms with van der Waals surface area (Å²) in [6.45, 7) is 51.0. The van der Waals surface area contributed by atoms with Crippen LogP contribution in [0, 0.1) is 58.2 Å². The van der Waals surface area contributed by atoms with E-state index in [-0.39, 0.29) is 4.70 Å². The molecule has 9 atom stereocenters. The number of nitrogens with zero attached hydrogens (tertiary/aromatic N) is 1. The maximum Gasteiger partial charge on any atom is 0.762 e. The number of hydrogen-bond acceptors (Lipinski definition) is 1. The Labute approximate surface area is 325 Å². The number of rotatable bonds is 13. The molecule has 9 heteroatoms. The molecule has 9 unspecified atom stereocenters. The molecule has 0 saturated heterocycles. The minimum atomic E-state index is -3.67. The van der Waals surface area contributed by atoms with Gasteiger partial charge in [0.2, 0.25) is 0 Å². The smallest absolute Gasteiger partial charge is 0.762 e. The predicted molar refractivity (Wildman–Crippen MR) is 229 cm³/mol.